The van der Waals surface area contributed by atoms with E-state index in [1.54, 1.807) is 11.1 Å². The molecule has 0 aliphatic heterocycles. The van der Waals surface area contributed by atoms with Crippen LogP contribution in [0.15, 0.2) is 212 Å². The van der Waals surface area contributed by atoms with E-state index in [9.17, 15) is 0 Å². The zero-order valence-corrected chi connectivity index (χ0v) is 55.1. The third-order valence-corrected chi connectivity index (χ3v) is 20.3. The van der Waals surface area contributed by atoms with Crippen molar-refractivity contribution >= 4 is 17.1 Å². The molecule has 2 aliphatic carbocycles. The predicted molar refractivity (Wildman–Crippen MR) is 384 cm³/mol. The molecule has 4 heteroatoms. The molecule has 460 valence electrons. The van der Waals surface area contributed by atoms with Crippen LogP contribution in [0.4, 0.5) is 17.1 Å². The molecule has 0 spiro atoms. The molecule has 0 amide bonds. The fourth-order valence-electron chi connectivity index (χ4n) is 15.4. The number of aromatic nitrogens is 3. The number of unbranched alkanes of at least 4 members (excludes halogenated alkanes) is 12. The molecule has 0 radical (unpaired) electrons. The van der Waals surface area contributed by atoms with Crippen LogP contribution in [-0.2, 0) is 16.2 Å². The van der Waals surface area contributed by atoms with Gasteiger partial charge in [-0.25, -0.2) is 0 Å². The Morgan fingerprint density at radius 1 is 0.322 bits per heavy atom. The molecule has 12 rings (SSSR count). The number of nitrogens with zero attached hydrogens (tertiary/aromatic N) is 4. The molecule has 0 unspecified atom stereocenters. The van der Waals surface area contributed by atoms with Crippen LogP contribution < -0.4 is 4.90 Å². The molecule has 90 heavy (non-hydrogen) atoms. The number of para-hydroxylation sites is 3. The van der Waals surface area contributed by atoms with Crippen molar-refractivity contribution in [2.24, 2.45) is 0 Å². The Bertz CT molecular complexity index is 3910. The molecule has 0 atom stereocenters. The highest BCUT2D eigenvalue weighted by molar-refractivity contribution is 5.90. The van der Waals surface area contributed by atoms with Gasteiger partial charge in [-0.1, -0.05) is 297 Å². The molecular formula is C86H96N4. The van der Waals surface area contributed by atoms with Gasteiger partial charge in [0.15, 0.2) is 11.6 Å². The highest BCUT2D eigenvalue weighted by Crippen LogP contribution is 2.59. The van der Waals surface area contributed by atoms with Crippen molar-refractivity contribution in [1.29, 1.82) is 0 Å². The largest absolute Gasteiger partial charge is 0.310 e. The summed E-state index contributed by atoms with van der Waals surface area (Å²) in [7, 11) is 0. The van der Waals surface area contributed by atoms with Gasteiger partial charge in [-0.15, -0.1) is 10.2 Å². The standard InChI is InChI=1S/C86H96N4/c1-8-12-16-29-55-85(56-30-17-13-9-2)78-59-66(63-39-41-64(42-40-63)82-87-88-83(90(82)72-37-27-22-28-38-72)65-43-48-69(49-44-65)84(5,6)7)45-51-74(78)75-52-46-67(60-79(75)85)68-47-53-76-77-54-50-73(89(70-33-23-20-24-34-70)71-35-25-21-26-36-71)62-81(77)86(80(76)61-68,57-31-18-14-10-3)58-32-19-15-11-4/h20-28,33-54,59-62H,8-19,29-32,55-58H2,1-7H3. The van der Waals surface area contributed by atoms with Gasteiger partial charge in [-0.3, -0.25) is 4.57 Å². The number of fused-ring (bicyclic) bond motifs is 6. The quantitative estimate of drug-likeness (QED) is 0.0458. The van der Waals surface area contributed by atoms with Crippen LogP contribution in [0.25, 0.3) is 73.0 Å². The van der Waals surface area contributed by atoms with Crippen LogP contribution >= 0.6 is 0 Å². The van der Waals surface area contributed by atoms with Crippen LogP contribution in [-0.4, -0.2) is 14.8 Å². The third kappa shape index (κ3) is 12.6. The first kappa shape index (κ1) is 62.1. The average Bonchev–Trinajstić information content (AvgIpc) is 1.57. The zero-order chi connectivity index (χ0) is 62.1. The molecule has 0 saturated heterocycles. The van der Waals surface area contributed by atoms with Gasteiger partial charge < -0.3 is 4.90 Å². The molecule has 10 aromatic rings. The first-order valence-corrected chi connectivity index (χ1v) is 34.8. The smallest absolute Gasteiger partial charge is 0.168 e. The van der Waals surface area contributed by atoms with Gasteiger partial charge in [0.1, 0.15) is 0 Å². The second-order valence-electron chi connectivity index (χ2n) is 27.3. The van der Waals surface area contributed by atoms with Crippen molar-refractivity contribution in [3.8, 4) is 73.0 Å². The van der Waals surface area contributed by atoms with Crippen LogP contribution in [0, 0.1) is 0 Å². The fraction of sp³-hybridized carbons (Fsp3) is 0.349. The molecule has 1 heterocycles. The molecule has 0 saturated carbocycles. The fourth-order valence-corrected chi connectivity index (χ4v) is 15.4. The van der Waals surface area contributed by atoms with Crippen LogP contribution in [0.5, 0.6) is 0 Å². The summed E-state index contributed by atoms with van der Waals surface area (Å²) in [6.07, 6.45) is 24.6. The number of anilines is 3. The predicted octanol–water partition coefficient (Wildman–Crippen LogP) is 25.1. The normalized spacial score (nSPS) is 13.5. The summed E-state index contributed by atoms with van der Waals surface area (Å²) in [5, 5.41) is 9.81. The minimum atomic E-state index is -0.0965. The Morgan fingerprint density at radius 2 is 0.656 bits per heavy atom. The molecular weight excluding hydrogens is 1090 g/mol. The maximum absolute atomic E-state index is 4.92. The van der Waals surface area contributed by atoms with Gasteiger partial charge in [0.25, 0.3) is 0 Å². The van der Waals surface area contributed by atoms with E-state index in [0.717, 1.165) is 54.1 Å². The number of benzene rings is 9. The summed E-state index contributed by atoms with van der Waals surface area (Å²) in [6.45, 7) is 16.2. The first-order valence-electron chi connectivity index (χ1n) is 34.8. The number of hydrogen-bond donors (Lipinski definition) is 0. The van der Waals surface area contributed by atoms with Gasteiger partial charge >= 0.3 is 0 Å². The Labute approximate surface area is 539 Å². The van der Waals surface area contributed by atoms with Crippen LogP contribution in [0.1, 0.15) is 205 Å². The minimum absolute atomic E-state index is 0.0610. The number of rotatable bonds is 28. The average molecular weight is 1190 g/mol. The molecule has 9 aromatic carbocycles. The third-order valence-electron chi connectivity index (χ3n) is 20.3. The summed E-state index contributed by atoms with van der Waals surface area (Å²) in [6, 6.07) is 80.9. The number of hydrogen-bond acceptors (Lipinski definition) is 3. The molecule has 2 aliphatic rings. The van der Waals surface area contributed by atoms with Crippen molar-refractivity contribution in [3.05, 3.63) is 240 Å². The van der Waals surface area contributed by atoms with E-state index in [1.165, 1.54) is 181 Å². The van der Waals surface area contributed by atoms with Crippen LogP contribution in [0.3, 0.4) is 0 Å². The zero-order valence-electron chi connectivity index (χ0n) is 55.1. The summed E-state index contributed by atoms with van der Waals surface area (Å²) in [5.41, 5.74) is 24.9. The maximum atomic E-state index is 4.92. The summed E-state index contributed by atoms with van der Waals surface area (Å²) in [4.78, 5) is 2.47. The van der Waals surface area contributed by atoms with Crippen molar-refractivity contribution < 1.29 is 0 Å². The van der Waals surface area contributed by atoms with E-state index in [0.29, 0.717) is 0 Å². The minimum Gasteiger partial charge on any atom is -0.310 e. The molecule has 1 aromatic heterocycles. The van der Waals surface area contributed by atoms with Crippen molar-refractivity contribution in [2.45, 2.75) is 193 Å². The molecule has 0 bridgehead atoms. The van der Waals surface area contributed by atoms with Gasteiger partial charge in [-0.05, 0) is 170 Å². The Morgan fingerprint density at radius 3 is 1.04 bits per heavy atom. The highest BCUT2D eigenvalue weighted by atomic mass is 15.3. The van der Waals surface area contributed by atoms with E-state index in [2.05, 4.69) is 270 Å². The van der Waals surface area contributed by atoms with Crippen molar-refractivity contribution in [1.82, 2.24) is 14.8 Å². The van der Waals surface area contributed by atoms with E-state index in [4.69, 9.17) is 10.2 Å². The van der Waals surface area contributed by atoms with E-state index >= 15 is 0 Å². The first-order chi connectivity index (χ1) is 44.1. The van der Waals surface area contributed by atoms with Crippen molar-refractivity contribution in [2.75, 3.05) is 4.90 Å². The lowest BCUT2D eigenvalue weighted by atomic mass is 9.69. The lowest BCUT2D eigenvalue weighted by Gasteiger charge is -2.34. The highest BCUT2D eigenvalue weighted by Gasteiger charge is 2.45. The Kier molecular flexibility index (Phi) is 19.3. The second kappa shape index (κ2) is 28.0. The van der Waals surface area contributed by atoms with Gasteiger partial charge in [-0.2, -0.15) is 0 Å². The van der Waals surface area contributed by atoms with E-state index in [1.807, 2.05) is 0 Å². The lowest BCUT2D eigenvalue weighted by molar-refractivity contribution is 0.401. The maximum Gasteiger partial charge on any atom is 0.168 e. The monoisotopic (exact) mass is 1180 g/mol. The molecule has 0 N–H and O–H groups in total. The summed E-state index contributed by atoms with van der Waals surface area (Å²) < 4.78 is 2.22. The Hall–Kier alpha value is -8.08. The second-order valence-corrected chi connectivity index (χ2v) is 27.3. The topological polar surface area (TPSA) is 34.0 Å². The molecule has 4 nitrogen and oxygen atoms in total. The molecule has 0 fully saturated rings. The summed E-state index contributed by atoms with van der Waals surface area (Å²) in [5.74, 6) is 1.67. The van der Waals surface area contributed by atoms with Crippen molar-refractivity contribution in [3.63, 3.8) is 0 Å². The van der Waals surface area contributed by atoms with Gasteiger partial charge in [0.05, 0.1) is 0 Å². The lowest BCUT2D eigenvalue weighted by Crippen LogP contribution is -2.26. The van der Waals surface area contributed by atoms with E-state index in [-0.39, 0.29) is 16.2 Å². The SMILES string of the molecule is CCCCCCC1(CCCCCC)c2cc(-c3ccc(-c4nnc(-c5ccc(C(C)(C)C)cc5)n4-c4ccccc4)cc3)ccc2-c2ccc(-c3ccc4c(c3)C(CCCCCC)(CCCCCC)c3cc(N(c5ccccc5)c5ccccc5)ccc3-4)cc21. The van der Waals surface area contributed by atoms with Gasteiger partial charge in [0.2, 0.25) is 0 Å². The Balaban J connectivity index is 0.942. The van der Waals surface area contributed by atoms with Gasteiger partial charge in [0, 0.05) is 44.7 Å². The van der Waals surface area contributed by atoms with Crippen LogP contribution in [0.2, 0.25) is 0 Å². The summed E-state index contributed by atoms with van der Waals surface area (Å²) >= 11 is 0. The van der Waals surface area contributed by atoms with E-state index < -0.39 is 0 Å².